The molecule has 2 aliphatic heterocycles. The molecule has 29 heavy (non-hydrogen) atoms. The lowest BCUT2D eigenvalue weighted by atomic mass is 10.2. The Balaban J connectivity index is 1.32. The quantitative estimate of drug-likeness (QED) is 0.837. The summed E-state index contributed by atoms with van der Waals surface area (Å²) >= 11 is 0. The predicted molar refractivity (Wildman–Crippen MR) is 107 cm³/mol. The molecule has 1 aromatic heterocycles. The van der Waals surface area contributed by atoms with Crippen molar-refractivity contribution in [2.24, 2.45) is 0 Å². The van der Waals surface area contributed by atoms with Crippen LogP contribution in [0.4, 0.5) is 15.5 Å². The minimum absolute atomic E-state index is 0.0262. The number of carbonyl (C=O) groups excluding carboxylic acids is 2. The van der Waals surface area contributed by atoms with Crippen LogP contribution in [0.3, 0.4) is 0 Å². The number of carbonyl (C=O) groups is 2. The molecule has 2 fully saturated rings. The molecule has 154 valence electrons. The van der Waals surface area contributed by atoms with Crippen molar-refractivity contribution in [1.29, 1.82) is 0 Å². The highest BCUT2D eigenvalue weighted by Crippen LogP contribution is 2.21. The Kier molecular flexibility index (Phi) is 5.95. The maximum absolute atomic E-state index is 12.7. The Morgan fingerprint density at radius 3 is 2.38 bits per heavy atom. The molecule has 1 aromatic carbocycles. The molecule has 3 heterocycles. The minimum atomic E-state index is -0.249. The molecule has 0 spiro atoms. The van der Waals surface area contributed by atoms with Gasteiger partial charge in [-0.3, -0.25) is 5.32 Å². The molecule has 0 unspecified atom stereocenters. The fraction of sp³-hybridized carbons (Fsp3) is 0.450. The van der Waals surface area contributed by atoms with E-state index in [-0.39, 0.29) is 12.1 Å². The zero-order chi connectivity index (χ0) is 20.1. The molecule has 0 aliphatic carbocycles. The second kappa shape index (κ2) is 8.95. The molecule has 2 saturated heterocycles. The Morgan fingerprint density at radius 2 is 1.59 bits per heavy atom. The molecule has 0 radical (unpaired) electrons. The van der Waals surface area contributed by atoms with Crippen molar-refractivity contribution in [3.63, 3.8) is 0 Å². The van der Waals surface area contributed by atoms with Gasteiger partial charge in [0.05, 0.1) is 13.2 Å². The number of hydrogen-bond donors (Lipinski definition) is 1. The molecule has 4 amide bonds. The third kappa shape index (κ3) is 4.68. The largest absolute Gasteiger partial charge is 0.378 e. The number of morpholine rings is 1. The molecule has 0 bridgehead atoms. The van der Waals surface area contributed by atoms with Crippen molar-refractivity contribution in [1.82, 2.24) is 19.9 Å². The highest BCUT2D eigenvalue weighted by Gasteiger charge is 2.26. The summed E-state index contributed by atoms with van der Waals surface area (Å²) < 4.78 is 10.6. The third-order valence-electron chi connectivity index (χ3n) is 5.15. The van der Waals surface area contributed by atoms with Crippen LogP contribution < -0.4 is 5.32 Å². The summed E-state index contributed by atoms with van der Waals surface area (Å²) in [5, 5.41) is 6.78. The highest BCUT2D eigenvalue weighted by molar-refractivity contribution is 5.88. The number of benzene rings is 1. The van der Waals surface area contributed by atoms with Gasteiger partial charge < -0.3 is 24.0 Å². The van der Waals surface area contributed by atoms with Crippen LogP contribution >= 0.6 is 0 Å². The van der Waals surface area contributed by atoms with Gasteiger partial charge in [0, 0.05) is 50.9 Å². The van der Waals surface area contributed by atoms with Crippen LogP contribution in [0.15, 0.2) is 40.9 Å². The van der Waals surface area contributed by atoms with Crippen molar-refractivity contribution in [2.45, 2.75) is 6.42 Å². The number of nitrogens with zero attached hydrogens (tertiary/aromatic N) is 4. The van der Waals surface area contributed by atoms with E-state index in [9.17, 15) is 9.59 Å². The van der Waals surface area contributed by atoms with E-state index < -0.39 is 0 Å². The molecule has 0 saturated carbocycles. The van der Waals surface area contributed by atoms with Crippen molar-refractivity contribution >= 4 is 17.9 Å². The van der Waals surface area contributed by atoms with Gasteiger partial charge in [0.2, 0.25) is 5.88 Å². The van der Waals surface area contributed by atoms with E-state index >= 15 is 0 Å². The number of amides is 4. The number of anilines is 1. The Morgan fingerprint density at radius 1 is 0.897 bits per heavy atom. The van der Waals surface area contributed by atoms with Gasteiger partial charge in [0.25, 0.3) is 0 Å². The first kappa shape index (κ1) is 19.3. The highest BCUT2D eigenvalue weighted by atomic mass is 16.5. The third-order valence-corrected chi connectivity index (χ3v) is 5.15. The van der Waals surface area contributed by atoms with Crippen LogP contribution in [0.2, 0.25) is 0 Å². The minimum Gasteiger partial charge on any atom is -0.378 e. The number of aromatic nitrogens is 1. The molecule has 9 nitrogen and oxygen atoms in total. The van der Waals surface area contributed by atoms with Crippen molar-refractivity contribution in [3.05, 3.63) is 36.4 Å². The van der Waals surface area contributed by atoms with E-state index in [1.54, 1.807) is 11.0 Å². The summed E-state index contributed by atoms with van der Waals surface area (Å²) in [6, 6.07) is 11.1. The standard InChI is InChI=1S/C20H25N5O4/c26-19(21-18-15-17(22-29-18)16-5-2-1-3-6-16)23-7-4-8-24(10-9-23)20(27)25-11-13-28-14-12-25/h1-3,5-6,15H,4,7-14H2,(H,21,26). The summed E-state index contributed by atoms with van der Waals surface area (Å²) in [7, 11) is 0. The Labute approximate surface area is 169 Å². The lowest BCUT2D eigenvalue weighted by Crippen LogP contribution is -2.49. The fourth-order valence-electron chi connectivity index (χ4n) is 3.53. The number of nitrogens with one attached hydrogen (secondary N) is 1. The maximum atomic E-state index is 12.7. The fourth-order valence-corrected chi connectivity index (χ4v) is 3.53. The predicted octanol–water partition coefficient (Wildman–Crippen LogP) is 2.33. The number of ether oxygens (including phenoxy) is 1. The number of urea groups is 2. The number of rotatable bonds is 2. The monoisotopic (exact) mass is 399 g/mol. The first-order valence-electron chi connectivity index (χ1n) is 9.90. The van der Waals surface area contributed by atoms with Gasteiger partial charge in [-0.25, -0.2) is 9.59 Å². The lowest BCUT2D eigenvalue weighted by Gasteiger charge is -2.32. The molecular formula is C20H25N5O4. The van der Waals surface area contributed by atoms with Gasteiger partial charge >= 0.3 is 12.1 Å². The lowest BCUT2D eigenvalue weighted by molar-refractivity contribution is 0.0437. The average molecular weight is 399 g/mol. The normalized spacial score (nSPS) is 17.7. The molecule has 2 aromatic rings. The van der Waals surface area contributed by atoms with Crippen LogP contribution in [0.5, 0.6) is 0 Å². The zero-order valence-corrected chi connectivity index (χ0v) is 16.2. The van der Waals surface area contributed by atoms with Crippen molar-refractivity contribution in [2.75, 3.05) is 57.8 Å². The maximum Gasteiger partial charge on any atom is 0.324 e. The van der Waals surface area contributed by atoms with E-state index in [0.717, 1.165) is 12.0 Å². The van der Waals surface area contributed by atoms with Gasteiger partial charge in [-0.1, -0.05) is 35.5 Å². The van der Waals surface area contributed by atoms with E-state index in [0.29, 0.717) is 64.1 Å². The van der Waals surface area contributed by atoms with E-state index in [1.807, 2.05) is 40.1 Å². The van der Waals surface area contributed by atoms with E-state index in [2.05, 4.69) is 10.5 Å². The van der Waals surface area contributed by atoms with Crippen molar-refractivity contribution < 1.29 is 18.8 Å². The van der Waals surface area contributed by atoms with Gasteiger partial charge in [-0.2, -0.15) is 0 Å². The van der Waals surface area contributed by atoms with Gasteiger partial charge in [-0.15, -0.1) is 0 Å². The molecule has 9 heteroatoms. The summed E-state index contributed by atoms with van der Waals surface area (Å²) in [6.07, 6.45) is 0.731. The summed E-state index contributed by atoms with van der Waals surface area (Å²) in [5.41, 5.74) is 1.59. The first-order chi connectivity index (χ1) is 14.2. The van der Waals surface area contributed by atoms with Crippen LogP contribution in [0.1, 0.15) is 6.42 Å². The molecular weight excluding hydrogens is 374 g/mol. The molecule has 2 aliphatic rings. The Bertz CT molecular complexity index is 834. The van der Waals surface area contributed by atoms with Crippen LogP contribution in [-0.2, 0) is 4.74 Å². The molecule has 4 rings (SSSR count). The number of hydrogen-bond acceptors (Lipinski definition) is 5. The van der Waals surface area contributed by atoms with E-state index in [4.69, 9.17) is 9.26 Å². The smallest absolute Gasteiger partial charge is 0.324 e. The van der Waals surface area contributed by atoms with Crippen LogP contribution in [0, 0.1) is 0 Å². The van der Waals surface area contributed by atoms with Gasteiger partial charge in [0.1, 0.15) is 5.69 Å². The van der Waals surface area contributed by atoms with Crippen LogP contribution in [0.25, 0.3) is 11.3 Å². The molecule has 0 atom stereocenters. The van der Waals surface area contributed by atoms with Crippen molar-refractivity contribution in [3.8, 4) is 11.3 Å². The second-order valence-corrected chi connectivity index (χ2v) is 7.08. The Hall–Kier alpha value is -3.07. The SMILES string of the molecule is O=C(Nc1cc(-c2ccccc2)no1)N1CCCN(C(=O)N2CCOCC2)CC1. The topological polar surface area (TPSA) is 91.2 Å². The average Bonchev–Trinajstić information content (AvgIpc) is 3.09. The van der Waals surface area contributed by atoms with Gasteiger partial charge in [-0.05, 0) is 6.42 Å². The second-order valence-electron chi connectivity index (χ2n) is 7.08. The molecule has 1 N–H and O–H groups in total. The van der Waals surface area contributed by atoms with E-state index in [1.165, 1.54) is 0 Å². The van der Waals surface area contributed by atoms with Crippen LogP contribution in [-0.4, -0.2) is 84.4 Å². The zero-order valence-electron chi connectivity index (χ0n) is 16.2. The summed E-state index contributed by atoms with van der Waals surface area (Å²) in [6.45, 7) is 4.60. The summed E-state index contributed by atoms with van der Waals surface area (Å²) in [4.78, 5) is 30.6. The first-order valence-corrected chi connectivity index (χ1v) is 9.90. The summed E-state index contributed by atoms with van der Waals surface area (Å²) in [5.74, 6) is 0.305. The van der Waals surface area contributed by atoms with Gasteiger partial charge in [0.15, 0.2) is 0 Å².